The summed E-state index contributed by atoms with van der Waals surface area (Å²) < 4.78 is 5.89. The van der Waals surface area contributed by atoms with Crippen LogP contribution >= 0.6 is 0 Å². The maximum atomic E-state index is 11.8. The van der Waals surface area contributed by atoms with Crippen LogP contribution < -0.4 is 4.74 Å². The largest absolute Gasteiger partial charge is 0.493 e. The van der Waals surface area contributed by atoms with Gasteiger partial charge in [-0.2, -0.15) is 0 Å². The van der Waals surface area contributed by atoms with Crippen LogP contribution in [0.2, 0.25) is 0 Å². The molecule has 118 valence electrons. The molecule has 0 spiro atoms. The number of fused-ring (bicyclic) bond motifs is 1. The van der Waals surface area contributed by atoms with Gasteiger partial charge in [-0.15, -0.1) is 0 Å². The van der Waals surface area contributed by atoms with Crippen LogP contribution in [0, 0.1) is 0 Å². The van der Waals surface area contributed by atoms with Gasteiger partial charge in [-0.25, -0.2) is 0 Å². The van der Waals surface area contributed by atoms with Crippen LogP contribution in [-0.4, -0.2) is 12.4 Å². The predicted molar refractivity (Wildman–Crippen MR) is 92.8 cm³/mol. The number of carbonyl (C=O) groups is 1. The lowest BCUT2D eigenvalue weighted by atomic mass is 10.0. The van der Waals surface area contributed by atoms with Crippen molar-refractivity contribution in [3.63, 3.8) is 0 Å². The first kappa shape index (κ1) is 16.5. The summed E-state index contributed by atoms with van der Waals surface area (Å²) in [5.74, 6) is 0.781. The van der Waals surface area contributed by atoms with Gasteiger partial charge in [-0.3, -0.25) is 4.79 Å². The first-order chi connectivity index (χ1) is 10.7. The molecule has 2 aromatic rings. The molecule has 0 atom stereocenters. The highest BCUT2D eigenvalue weighted by molar-refractivity contribution is 6.01. The molecule has 0 aromatic heterocycles. The third kappa shape index (κ3) is 4.59. The van der Waals surface area contributed by atoms with Gasteiger partial charge in [0.25, 0.3) is 0 Å². The van der Waals surface area contributed by atoms with Gasteiger partial charge in [0.2, 0.25) is 0 Å². The molecule has 0 aliphatic carbocycles. The highest BCUT2D eigenvalue weighted by Gasteiger charge is 2.10. The van der Waals surface area contributed by atoms with Crippen LogP contribution in [0.1, 0.15) is 62.7 Å². The predicted octanol–water partition coefficient (Wildman–Crippen LogP) is 5.78. The Morgan fingerprint density at radius 3 is 2.27 bits per heavy atom. The van der Waals surface area contributed by atoms with Crippen molar-refractivity contribution in [1.29, 1.82) is 0 Å². The summed E-state index contributed by atoms with van der Waals surface area (Å²) in [6.07, 6.45) is 7.42. The smallest absolute Gasteiger partial charge is 0.163 e. The van der Waals surface area contributed by atoms with E-state index < -0.39 is 0 Å². The molecule has 2 aromatic carbocycles. The Kier molecular flexibility index (Phi) is 6.45. The van der Waals surface area contributed by atoms with E-state index in [1.807, 2.05) is 30.3 Å². The molecule has 0 radical (unpaired) electrons. The maximum Gasteiger partial charge on any atom is 0.163 e. The van der Waals surface area contributed by atoms with E-state index in [0.29, 0.717) is 12.2 Å². The van der Waals surface area contributed by atoms with E-state index in [0.717, 1.165) is 22.9 Å². The second kappa shape index (κ2) is 8.57. The molecule has 0 heterocycles. The number of unbranched alkanes of at least 4 members (excludes halogenated alkanes) is 5. The van der Waals surface area contributed by atoms with Gasteiger partial charge in [-0.05, 0) is 36.2 Å². The zero-order valence-electron chi connectivity index (χ0n) is 13.7. The summed E-state index contributed by atoms with van der Waals surface area (Å²) in [6, 6.07) is 12.0. The minimum absolute atomic E-state index is 0.0590. The topological polar surface area (TPSA) is 26.3 Å². The lowest BCUT2D eigenvalue weighted by Gasteiger charge is -2.11. The lowest BCUT2D eigenvalue weighted by molar-refractivity contribution is 0.101. The van der Waals surface area contributed by atoms with Crippen LogP contribution in [0.15, 0.2) is 36.4 Å². The Morgan fingerprint density at radius 2 is 1.59 bits per heavy atom. The Bertz CT molecular complexity index is 616. The summed E-state index contributed by atoms with van der Waals surface area (Å²) in [6.45, 7) is 4.51. The number of hydrogen-bond donors (Lipinski definition) is 0. The fourth-order valence-electron chi connectivity index (χ4n) is 2.68. The highest BCUT2D eigenvalue weighted by Crippen LogP contribution is 2.26. The van der Waals surface area contributed by atoms with E-state index in [2.05, 4.69) is 13.0 Å². The molecule has 0 unspecified atom stereocenters. The Hall–Kier alpha value is -1.83. The SMILES string of the molecule is CCCCCCCCOc1cc2ccccc2cc1C(C)=O. The van der Waals surface area contributed by atoms with Crippen LogP contribution in [0.5, 0.6) is 5.75 Å². The van der Waals surface area contributed by atoms with E-state index in [-0.39, 0.29) is 5.78 Å². The van der Waals surface area contributed by atoms with Gasteiger partial charge >= 0.3 is 0 Å². The molecule has 0 amide bonds. The number of ether oxygens (including phenoxy) is 1. The minimum atomic E-state index is 0.0590. The molecule has 22 heavy (non-hydrogen) atoms. The molecular weight excluding hydrogens is 272 g/mol. The van der Waals surface area contributed by atoms with E-state index in [9.17, 15) is 4.79 Å². The van der Waals surface area contributed by atoms with Crippen molar-refractivity contribution in [2.45, 2.75) is 52.4 Å². The molecule has 2 rings (SSSR count). The summed E-state index contributed by atoms with van der Waals surface area (Å²) in [5.41, 5.74) is 0.685. The van der Waals surface area contributed by atoms with Crippen molar-refractivity contribution >= 4 is 16.6 Å². The zero-order chi connectivity index (χ0) is 15.8. The highest BCUT2D eigenvalue weighted by atomic mass is 16.5. The molecule has 0 aliphatic heterocycles. The van der Waals surface area contributed by atoms with E-state index in [1.165, 1.54) is 32.1 Å². The van der Waals surface area contributed by atoms with Crippen molar-refractivity contribution in [2.24, 2.45) is 0 Å². The molecule has 0 aliphatic rings. The van der Waals surface area contributed by atoms with Gasteiger partial charge in [0.05, 0.1) is 12.2 Å². The van der Waals surface area contributed by atoms with Crippen LogP contribution in [-0.2, 0) is 0 Å². The average molecular weight is 298 g/mol. The van der Waals surface area contributed by atoms with Crippen LogP contribution in [0.3, 0.4) is 0 Å². The summed E-state index contributed by atoms with van der Waals surface area (Å²) in [7, 11) is 0. The average Bonchev–Trinajstić information content (AvgIpc) is 2.53. The third-order valence-corrected chi connectivity index (χ3v) is 3.98. The molecule has 0 fully saturated rings. The molecule has 0 saturated carbocycles. The zero-order valence-corrected chi connectivity index (χ0v) is 13.7. The Labute approximate surface area is 133 Å². The molecule has 2 heteroatoms. The van der Waals surface area contributed by atoms with Crippen LogP contribution in [0.4, 0.5) is 0 Å². The summed E-state index contributed by atoms with van der Waals surface area (Å²) in [4.78, 5) is 11.8. The maximum absolute atomic E-state index is 11.8. The lowest BCUT2D eigenvalue weighted by Crippen LogP contribution is -2.03. The first-order valence-corrected chi connectivity index (χ1v) is 8.39. The normalized spacial score (nSPS) is 10.8. The first-order valence-electron chi connectivity index (χ1n) is 8.39. The Balaban J connectivity index is 1.97. The van der Waals surface area contributed by atoms with Gasteiger partial charge in [0.1, 0.15) is 5.75 Å². The molecule has 0 bridgehead atoms. The second-order valence-electron chi connectivity index (χ2n) is 5.87. The van der Waals surface area contributed by atoms with Gasteiger partial charge in [0, 0.05) is 0 Å². The van der Waals surface area contributed by atoms with Gasteiger partial charge < -0.3 is 4.74 Å². The van der Waals surface area contributed by atoms with Gasteiger partial charge in [-0.1, -0.05) is 63.3 Å². The third-order valence-electron chi connectivity index (χ3n) is 3.98. The number of Topliss-reactive ketones (excluding diaryl/α,β-unsaturated/α-hetero) is 1. The van der Waals surface area contributed by atoms with Crippen molar-refractivity contribution in [3.05, 3.63) is 42.0 Å². The fourth-order valence-corrected chi connectivity index (χ4v) is 2.68. The van der Waals surface area contributed by atoms with Crippen molar-refractivity contribution in [2.75, 3.05) is 6.61 Å². The van der Waals surface area contributed by atoms with Crippen molar-refractivity contribution in [3.8, 4) is 5.75 Å². The van der Waals surface area contributed by atoms with Crippen LogP contribution in [0.25, 0.3) is 10.8 Å². The monoisotopic (exact) mass is 298 g/mol. The fraction of sp³-hybridized carbons (Fsp3) is 0.450. The molecular formula is C20H26O2. The summed E-state index contributed by atoms with van der Waals surface area (Å²) >= 11 is 0. The van der Waals surface area contributed by atoms with Gasteiger partial charge in [0.15, 0.2) is 5.78 Å². The number of benzene rings is 2. The van der Waals surface area contributed by atoms with Crippen molar-refractivity contribution < 1.29 is 9.53 Å². The number of ketones is 1. The van der Waals surface area contributed by atoms with Crippen molar-refractivity contribution in [1.82, 2.24) is 0 Å². The quantitative estimate of drug-likeness (QED) is 0.433. The second-order valence-corrected chi connectivity index (χ2v) is 5.87. The summed E-state index contributed by atoms with van der Waals surface area (Å²) in [5, 5.41) is 2.20. The van der Waals surface area contributed by atoms with E-state index in [4.69, 9.17) is 4.74 Å². The standard InChI is InChI=1S/C20H26O2/c1-3-4-5-6-7-10-13-22-20-15-18-12-9-8-11-17(18)14-19(20)16(2)21/h8-9,11-12,14-15H,3-7,10,13H2,1-2H3. The Morgan fingerprint density at radius 1 is 0.955 bits per heavy atom. The molecule has 2 nitrogen and oxygen atoms in total. The van der Waals surface area contributed by atoms with E-state index >= 15 is 0 Å². The minimum Gasteiger partial charge on any atom is -0.493 e. The molecule has 0 N–H and O–H groups in total. The molecule has 0 saturated heterocycles. The number of carbonyl (C=O) groups excluding carboxylic acids is 1. The van der Waals surface area contributed by atoms with E-state index in [1.54, 1.807) is 6.92 Å². The number of rotatable bonds is 9. The number of hydrogen-bond acceptors (Lipinski definition) is 2.